The van der Waals surface area contributed by atoms with Crippen LogP contribution in [0.5, 0.6) is 0 Å². The molecule has 0 heterocycles. The molecule has 0 saturated heterocycles. The molecule has 0 aliphatic heterocycles. The minimum absolute atomic E-state index is 0.0892. The molecule has 4 N–H and O–H groups in total. The monoisotopic (exact) mass is 404 g/mol. The summed E-state index contributed by atoms with van der Waals surface area (Å²) in [6.07, 6.45) is 6.66. The van der Waals surface area contributed by atoms with Crippen LogP contribution in [-0.4, -0.2) is 50.3 Å². The molecule has 29 heavy (non-hydrogen) atoms. The van der Waals surface area contributed by atoms with Crippen molar-refractivity contribution in [3.8, 4) is 12.3 Å². The Morgan fingerprint density at radius 1 is 1.21 bits per heavy atom. The first kappa shape index (κ1) is 20.7. The fourth-order valence-electron chi connectivity index (χ4n) is 7.37. The maximum absolute atomic E-state index is 11.4. The van der Waals surface area contributed by atoms with Crippen LogP contribution in [-0.2, 0) is 9.53 Å². The largest absolute Gasteiger partial charge is 0.508 e. The van der Waals surface area contributed by atoms with Crippen LogP contribution in [0.3, 0.4) is 0 Å². The molecule has 160 valence electrons. The highest BCUT2D eigenvalue weighted by Gasteiger charge is 2.68. The van der Waals surface area contributed by atoms with Crippen LogP contribution in [0, 0.1) is 40.9 Å². The second kappa shape index (κ2) is 6.47. The molecule has 4 aliphatic rings. The zero-order valence-corrected chi connectivity index (χ0v) is 17.4. The van der Waals surface area contributed by atoms with E-state index < -0.39 is 35.3 Å². The van der Waals surface area contributed by atoms with Gasteiger partial charge in [-0.15, -0.1) is 6.42 Å². The standard InChI is InChI=1S/C23H32O6/c1-5-23(28)18(26)11-14-19-13(6-9-22(14,23)4)21(3)8-7-17(29-12(2)24)20(27)15(21)10-16(19)25/h1,13-14,16-19,25-28H,6-11H2,2-4H3/t13-,14-,16-,17+,18+,19+,21+,22-,23-/m0/s1. The molecular weight excluding hydrogens is 372 g/mol. The van der Waals surface area contributed by atoms with Crippen LogP contribution in [0.25, 0.3) is 0 Å². The third-order valence-electron chi connectivity index (χ3n) is 8.99. The number of carbonyl (C=O) groups is 1. The summed E-state index contributed by atoms with van der Waals surface area (Å²) in [5.74, 6) is 2.02. The topological polar surface area (TPSA) is 107 Å². The zero-order valence-electron chi connectivity index (χ0n) is 17.4. The first-order valence-electron chi connectivity index (χ1n) is 10.7. The van der Waals surface area contributed by atoms with Gasteiger partial charge in [-0.2, -0.15) is 0 Å². The highest BCUT2D eigenvalue weighted by molar-refractivity contribution is 5.66. The van der Waals surface area contributed by atoms with E-state index in [1.807, 2.05) is 6.92 Å². The van der Waals surface area contributed by atoms with Crippen LogP contribution in [0.1, 0.15) is 59.3 Å². The number of fused-ring (bicyclic) bond motifs is 5. The number of rotatable bonds is 1. The van der Waals surface area contributed by atoms with E-state index in [2.05, 4.69) is 12.8 Å². The fraction of sp³-hybridized carbons (Fsp3) is 0.783. The lowest BCUT2D eigenvalue weighted by Gasteiger charge is -2.60. The van der Waals surface area contributed by atoms with Crippen LogP contribution in [0.4, 0.5) is 0 Å². The number of ether oxygens (including phenoxy) is 1. The Kier molecular flexibility index (Phi) is 4.62. The number of aliphatic hydroxyl groups excluding tert-OH is 3. The molecular formula is C23H32O6. The van der Waals surface area contributed by atoms with Gasteiger partial charge in [0.2, 0.25) is 0 Å². The maximum Gasteiger partial charge on any atom is 0.303 e. The molecule has 0 aromatic rings. The number of hydrogen-bond donors (Lipinski definition) is 4. The van der Waals surface area contributed by atoms with E-state index in [9.17, 15) is 25.2 Å². The first-order valence-corrected chi connectivity index (χ1v) is 10.7. The Morgan fingerprint density at radius 2 is 1.90 bits per heavy atom. The van der Waals surface area contributed by atoms with E-state index in [1.165, 1.54) is 6.92 Å². The average Bonchev–Trinajstić information content (AvgIpc) is 2.86. The molecule has 0 spiro atoms. The highest BCUT2D eigenvalue weighted by Crippen LogP contribution is 2.67. The summed E-state index contributed by atoms with van der Waals surface area (Å²) in [7, 11) is 0. The van der Waals surface area contributed by atoms with Gasteiger partial charge < -0.3 is 25.2 Å². The summed E-state index contributed by atoms with van der Waals surface area (Å²) >= 11 is 0. The minimum atomic E-state index is -1.59. The number of esters is 1. The predicted octanol–water partition coefficient (Wildman–Crippen LogP) is 2.07. The molecule has 0 unspecified atom stereocenters. The van der Waals surface area contributed by atoms with Crippen molar-refractivity contribution in [2.75, 3.05) is 0 Å². The first-order chi connectivity index (χ1) is 13.5. The Morgan fingerprint density at radius 3 is 2.52 bits per heavy atom. The number of aliphatic hydroxyl groups is 4. The summed E-state index contributed by atoms with van der Waals surface area (Å²) in [5, 5.41) is 43.7. The van der Waals surface area contributed by atoms with Gasteiger partial charge in [-0.3, -0.25) is 4.79 Å². The molecule has 0 amide bonds. The molecule has 6 nitrogen and oxygen atoms in total. The second-order valence-electron chi connectivity index (χ2n) is 10.1. The van der Waals surface area contributed by atoms with Gasteiger partial charge in [0.1, 0.15) is 5.76 Å². The van der Waals surface area contributed by atoms with Crippen molar-refractivity contribution in [2.45, 2.75) is 83.2 Å². The van der Waals surface area contributed by atoms with Crippen LogP contribution >= 0.6 is 0 Å². The summed E-state index contributed by atoms with van der Waals surface area (Å²) in [5.41, 5.74) is -1.77. The molecule has 6 heteroatoms. The predicted molar refractivity (Wildman–Crippen MR) is 105 cm³/mol. The average molecular weight is 405 g/mol. The summed E-state index contributed by atoms with van der Waals surface area (Å²) < 4.78 is 5.29. The van der Waals surface area contributed by atoms with E-state index in [1.54, 1.807) is 0 Å². The van der Waals surface area contributed by atoms with Gasteiger partial charge in [-0.1, -0.05) is 19.8 Å². The van der Waals surface area contributed by atoms with Gasteiger partial charge in [0.15, 0.2) is 11.7 Å². The lowest BCUT2D eigenvalue weighted by molar-refractivity contribution is -0.154. The second-order valence-corrected chi connectivity index (χ2v) is 10.1. The van der Waals surface area contributed by atoms with E-state index in [0.29, 0.717) is 25.7 Å². The smallest absolute Gasteiger partial charge is 0.303 e. The van der Waals surface area contributed by atoms with Crippen molar-refractivity contribution in [3.05, 3.63) is 11.3 Å². The zero-order chi connectivity index (χ0) is 21.4. The SMILES string of the molecule is C#C[C@]1(O)[C@H](O)C[C@H]2[C@@H]3[C@@H](O)CC4=C(O)[C@H](OC(C)=O)CC[C@]4(C)[C@H]3CC[C@@]21C. The Balaban J connectivity index is 1.73. The molecule has 3 fully saturated rings. The third kappa shape index (κ3) is 2.57. The molecule has 0 radical (unpaired) electrons. The molecule has 9 atom stereocenters. The highest BCUT2D eigenvalue weighted by atomic mass is 16.6. The van der Waals surface area contributed by atoms with E-state index in [-0.39, 0.29) is 28.9 Å². The summed E-state index contributed by atoms with van der Waals surface area (Å²) in [6.45, 7) is 5.41. The van der Waals surface area contributed by atoms with Gasteiger partial charge in [0, 0.05) is 12.3 Å². The van der Waals surface area contributed by atoms with Crippen molar-refractivity contribution < 1.29 is 30.0 Å². The van der Waals surface area contributed by atoms with Crippen molar-refractivity contribution >= 4 is 5.97 Å². The quantitative estimate of drug-likeness (QED) is 0.394. The van der Waals surface area contributed by atoms with Gasteiger partial charge >= 0.3 is 5.97 Å². The van der Waals surface area contributed by atoms with Crippen molar-refractivity contribution in [1.82, 2.24) is 0 Å². The number of carbonyl (C=O) groups excluding carboxylic acids is 1. The lowest BCUT2D eigenvalue weighted by atomic mass is 9.45. The van der Waals surface area contributed by atoms with Crippen LogP contribution in [0.15, 0.2) is 11.3 Å². The Hall–Kier alpha value is -1.55. The number of terminal acetylenes is 1. The molecule has 0 aromatic heterocycles. The fourth-order valence-corrected chi connectivity index (χ4v) is 7.37. The van der Waals surface area contributed by atoms with Crippen molar-refractivity contribution in [3.63, 3.8) is 0 Å². The maximum atomic E-state index is 11.4. The van der Waals surface area contributed by atoms with Crippen LogP contribution < -0.4 is 0 Å². The molecule has 3 saturated carbocycles. The van der Waals surface area contributed by atoms with Gasteiger partial charge in [0.05, 0.1) is 12.2 Å². The van der Waals surface area contributed by atoms with Crippen molar-refractivity contribution in [2.24, 2.45) is 28.6 Å². The Bertz CT molecular complexity index is 798. The molecule has 4 rings (SSSR count). The minimum Gasteiger partial charge on any atom is -0.508 e. The van der Waals surface area contributed by atoms with Gasteiger partial charge in [0.25, 0.3) is 0 Å². The normalized spacial score (nSPS) is 51.5. The van der Waals surface area contributed by atoms with E-state index >= 15 is 0 Å². The van der Waals surface area contributed by atoms with Gasteiger partial charge in [-0.05, 0) is 67.3 Å². The summed E-state index contributed by atoms with van der Waals surface area (Å²) in [6, 6.07) is 0. The molecule has 0 bridgehead atoms. The van der Waals surface area contributed by atoms with E-state index in [4.69, 9.17) is 11.2 Å². The van der Waals surface area contributed by atoms with Gasteiger partial charge in [-0.25, -0.2) is 0 Å². The number of hydrogen-bond acceptors (Lipinski definition) is 6. The van der Waals surface area contributed by atoms with E-state index in [0.717, 1.165) is 18.4 Å². The lowest BCUT2D eigenvalue weighted by Crippen LogP contribution is -2.59. The molecule has 0 aromatic carbocycles. The summed E-state index contributed by atoms with van der Waals surface area (Å²) in [4.78, 5) is 11.4. The molecule has 4 aliphatic carbocycles. The van der Waals surface area contributed by atoms with Crippen molar-refractivity contribution in [1.29, 1.82) is 0 Å². The van der Waals surface area contributed by atoms with Crippen LogP contribution in [0.2, 0.25) is 0 Å². The third-order valence-corrected chi connectivity index (χ3v) is 8.99. The Labute approximate surface area is 172 Å².